The third-order valence-electron chi connectivity index (χ3n) is 3.44. The van der Waals surface area contributed by atoms with Crippen LogP contribution in [-0.2, 0) is 6.42 Å². The smallest absolute Gasteiger partial charge is 0.196 e. The summed E-state index contributed by atoms with van der Waals surface area (Å²) in [6, 6.07) is 10.6. The minimum atomic E-state index is -0.0906. The molecule has 0 saturated carbocycles. The van der Waals surface area contributed by atoms with Crippen LogP contribution in [0.1, 0.15) is 27.9 Å². The number of nitrogen functional groups attached to an aromatic ring is 1. The number of nitrogens with two attached hydrogens (primary N) is 1. The second-order valence-corrected chi connectivity index (χ2v) is 5.22. The predicted molar refractivity (Wildman–Crippen MR) is 79.6 cm³/mol. The van der Waals surface area contributed by atoms with Crippen molar-refractivity contribution in [2.75, 3.05) is 12.3 Å². The van der Waals surface area contributed by atoms with Crippen molar-refractivity contribution in [3.05, 3.63) is 58.1 Å². The molecule has 1 aliphatic heterocycles. The summed E-state index contributed by atoms with van der Waals surface area (Å²) in [5, 5.41) is 0.452. The van der Waals surface area contributed by atoms with E-state index in [1.54, 1.807) is 24.3 Å². The summed E-state index contributed by atoms with van der Waals surface area (Å²) in [6.07, 6.45) is 1.93. The first-order valence-electron chi connectivity index (χ1n) is 6.51. The van der Waals surface area contributed by atoms with Crippen LogP contribution in [-0.4, -0.2) is 12.4 Å². The van der Waals surface area contributed by atoms with E-state index in [1.807, 2.05) is 12.1 Å². The van der Waals surface area contributed by atoms with Gasteiger partial charge in [0.15, 0.2) is 5.78 Å². The second kappa shape index (κ2) is 5.17. The molecule has 0 spiro atoms. The summed E-state index contributed by atoms with van der Waals surface area (Å²) in [4.78, 5) is 12.6. The largest absolute Gasteiger partial charge is 0.493 e. The van der Waals surface area contributed by atoms with Gasteiger partial charge in [0.25, 0.3) is 0 Å². The topological polar surface area (TPSA) is 52.3 Å². The Bertz CT molecular complexity index is 682. The lowest BCUT2D eigenvalue weighted by Crippen LogP contribution is -2.13. The SMILES string of the molecule is Nc1cc(C(=O)c2cccc3c2OCCC3)ccc1Cl. The van der Waals surface area contributed by atoms with Crippen LogP contribution in [0.15, 0.2) is 36.4 Å². The van der Waals surface area contributed by atoms with Gasteiger partial charge in [0.2, 0.25) is 0 Å². The Balaban J connectivity index is 2.04. The van der Waals surface area contributed by atoms with Crippen LogP contribution in [0, 0.1) is 0 Å². The summed E-state index contributed by atoms with van der Waals surface area (Å²) in [5.74, 6) is 0.615. The van der Waals surface area contributed by atoms with E-state index in [0.717, 1.165) is 18.4 Å². The highest BCUT2D eigenvalue weighted by Crippen LogP contribution is 2.31. The van der Waals surface area contributed by atoms with Crippen LogP contribution in [0.3, 0.4) is 0 Å². The average molecular weight is 288 g/mol. The second-order valence-electron chi connectivity index (χ2n) is 4.81. The molecule has 2 aromatic rings. The van der Waals surface area contributed by atoms with Crippen molar-refractivity contribution in [3.8, 4) is 5.75 Å². The number of ketones is 1. The van der Waals surface area contributed by atoms with Crippen LogP contribution < -0.4 is 10.5 Å². The Morgan fingerprint density at radius 1 is 1.25 bits per heavy atom. The fourth-order valence-electron chi connectivity index (χ4n) is 2.41. The van der Waals surface area contributed by atoms with Crippen molar-refractivity contribution in [1.29, 1.82) is 0 Å². The molecule has 0 aromatic heterocycles. The third kappa shape index (κ3) is 2.25. The number of benzene rings is 2. The van der Waals surface area contributed by atoms with Crippen LogP contribution in [0.2, 0.25) is 5.02 Å². The molecule has 0 bridgehead atoms. The van der Waals surface area contributed by atoms with Crippen molar-refractivity contribution in [2.45, 2.75) is 12.8 Å². The Labute approximate surface area is 122 Å². The van der Waals surface area contributed by atoms with Gasteiger partial charge in [0, 0.05) is 5.56 Å². The van der Waals surface area contributed by atoms with Crippen molar-refractivity contribution in [1.82, 2.24) is 0 Å². The number of halogens is 1. The zero-order valence-corrected chi connectivity index (χ0v) is 11.6. The highest BCUT2D eigenvalue weighted by molar-refractivity contribution is 6.33. The summed E-state index contributed by atoms with van der Waals surface area (Å²) in [5.41, 5.74) is 8.36. The number of carbonyl (C=O) groups is 1. The van der Waals surface area contributed by atoms with E-state index in [0.29, 0.717) is 34.2 Å². The van der Waals surface area contributed by atoms with Crippen molar-refractivity contribution < 1.29 is 9.53 Å². The molecular weight excluding hydrogens is 274 g/mol. The lowest BCUT2D eigenvalue weighted by molar-refractivity contribution is 0.103. The number of ether oxygens (including phenoxy) is 1. The number of fused-ring (bicyclic) bond motifs is 1. The first kappa shape index (κ1) is 13.0. The fraction of sp³-hybridized carbons (Fsp3) is 0.188. The van der Waals surface area contributed by atoms with E-state index in [4.69, 9.17) is 22.1 Å². The highest BCUT2D eigenvalue weighted by atomic mass is 35.5. The number of aryl methyl sites for hydroxylation is 1. The molecular formula is C16H14ClNO2. The van der Waals surface area contributed by atoms with Gasteiger partial charge in [0.1, 0.15) is 5.75 Å². The van der Waals surface area contributed by atoms with E-state index < -0.39 is 0 Å². The highest BCUT2D eigenvalue weighted by Gasteiger charge is 2.20. The Morgan fingerprint density at radius 3 is 2.90 bits per heavy atom. The van der Waals surface area contributed by atoms with Gasteiger partial charge in [-0.2, -0.15) is 0 Å². The van der Waals surface area contributed by atoms with E-state index in [2.05, 4.69) is 0 Å². The Morgan fingerprint density at radius 2 is 2.10 bits per heavy atom. The fourth-order valence-corrected chi connectivity index (χ4v) is 2.53. The first-order valence-corrected chi connectivity index (χ1v) is 6.89. The summed E-state index contributed by atoms with van der Waals surface area (Å²) in [7, 11) is 0. The molecule has 0 aliphatic carbocycles. The normalized spacial score (nSPS) is 13.4. The molecule has 3 nitrogen and oxygen atoms in total. The Kier molecular flexibility index (Phi) is 3.36. The van der Waals surface area contributed by atoms with Gasteiger partial charge in [0.05, 0.1) is 22.9 Å². The maximum Gasteiger partial charge on any atom is 0.196 e. The molecule has 2 aromatic carbocycles. The van der Waals surface area contributed by atoms with E-state index in [-0.39, 0.29) is 5.78 Å². The minimum absolute atomic E-state index is 0.0906. The number of carbonyl (C=O) groups excluding carboxylic acids is 1. The van der Waals surface area contributed by atoms with Gasteiger partial charge in [-0.25, -0.2) is 0 Å². The molecule has 3 rings (SSSR count). The molecule has 2 N–H and O–H groups in total. The first-order chi connectivity index (χ1) is 9.66. The zero-order chi connectivity index (χ0) is 14.1. The molecule has 0 unspecified atom stereocenters. The zero-order valence-electron chi connectivity index (χ0n) is 10.9. The molecule has 20 heavy (non-hydrogen) atoms. The monoisotopic (exact) mass is 287 g/mol. The number of anilines is 1. The number of rotatable bonds is 2. The Hall–Kier alpha value is -2.00. The summed E-state index contributed by atoms with van der Waals surface area (Å²) < 4.78 is 5.67. The molecule has 1 heterocycles. The maximum atomic E-state index is 12.6. The average Bonchev–Trinajstić information content (AvgIpc) is 2.49. The summed E-state index contributed by atoms with van der Waals surface area (Å²) in [6.45, 7) is 0.653. The number of hydrogen-bond donors (Lipinski definition) is 1. The van der Waals surface area contributed by atoms with Gasteiger partial charge in [-0.05, 0) is 42.7 Å². The van der Waals surface area contributed by atoms with Gasteiger partial charge < -0.3 is 10.5 Å². The molecule has 0 atom stereocenters. The van der Waals surface area contributed by atoms with Crippen LogP contribution in [0.5, 0.6) is 5.75 Å². The quantitative estimate of drug-likeness (QED) is 0.679. The van der Waals surface area contributed by atoms with Crippen LogP contribution in [0.25, 0.3) is 0 Å². The van der Waals surface area contributed by atoms with Crippen LogP contribution in [0.4, 0.5) is 5.69 Å². The standard InChI is InChI=1S/C16H14ClNO2/c17-13-7-6-11(9-14(13)18)15(19)12-5-1-3-10-4-2-8-20-16(10)12/h1,3,5-7,9H,2,4,8,18H2. The molecule has 102 valence electrons. The predicted octanol–water partition coefficient (Wildman–Crippen LogP) is 3.48. The molecule has 1 aliphatic rings. The lowest BCUT2D eigenvalue weighted by atomic mass is 9.96. The lowest BCUT2D eigenvalue weighted by Gasteiger charge is -2.19. The van der Waals surface area contributed by atoms with E-state index in [9.17, 15) is 4.79 Å². The minimum Gasteiger partial charge on any atom is -0.493 e. The van der Waals surface area contributed by atoms with Crippen LogP contribution >= 0.6 is 11.6 Å². The maximum absolute atomic E-state index is 12.6. The van der Waals surface area contributed by atoms with E-state index in [1.165, 1.54) is 0 Å². The molecule has 0 radical (unpaired) electrons. The molecule has 4 heteroatoms. The molecule has 0 saturated heterocycles. The number of hydrogen-bond acceptors (Lipinski definition) is 3. The van der Waals surface area contributed by atoms with Gasteiger partial charge in [-0.3, -0.25) is 4.79 Å². The van der Waals surface area contributed by atoms with Crippen molar-refractivity contribution in [3.63, 3.8) is 0 Å². The number of para-hydroxylation sites is 1. The third-order valence-corrected chi connectivity index (χ3v) is 3.78. The van der Waals surface area contributed by atoms with E-state index >= 15 is 0 Å². The van der Waals surface area contributed by atoms with Crippen molar-refractivity contribution in [2.24, 2.45) is 0 Å². The van der Waals surface area contributed by atoms with Gasteiger partial charge >= 0.3 is 0 Å². The summed E-state index contributed by atoms with van der Waals surface area (Å²) >= 11 is 5.89. The van der Waals surface area contributed by atoms with Gasteiger partial charge in [-0.15, -0.1) is 0 Å². The molecule has 0 amide bonds. The van der Waals surface area contributed by atoms with Crippen molar-refractivity contribution >= 4 is 23.1 Å². The molecule has 0 fully saturated rings. The van der Waals surface area contributed by atoms with Gasteiger partial charge in [-0.1, -0.05) is 23.7 Å².